The Labute approximate surface area is 212 Å². The molecule has 1 atom stereocenters. The highest BCUT2D eigenvalue weighted by molar-refractivity contribution is 5.78. The summed E-state index contributed by atoms with van der Waals surface area (Å²) >= 11 is 0. The van der Waals surface area contributed by atoms with Gasteiger partial charge in [0.15, 0.2) is 0 Å². The Kier molecular flexibility index (Phi) is 8.36. The summed E-state index contributed by atoms with van der Waals surface area (Å²) < 4.78 is 23.7. The highest BCUT2D eigenvalue weighted by Crippen LogP contribution is 2.35. The van der Waals surface area contributed by atoms with Gasteiger partial charge in [-0.05, 0) is 92.3 Å². The van der Waals surface area contributed by atoms with Crippen molar-refractivity contribution in [2.75, 3.05) is 13.2 Å². The van der Waals surface area contributed by atoms with E-state index >= 15 is 0 Å². The van der Waals surface area contributed by atoms with E-state index in [0.717, 1.165) is 59.8 Å². The van der Waals surface area contributed by atoms with Gasteiger partial charge < -0.3 is 24.1 Å². The van der Waals surface area contributed by atoms with Gasteiger partial charge in [0.1, 0.15) is 28.7 Å². The molecule has 0 saturated carbocycles. The third kappa shape index (κ3) is 6.51. The number of aliphatic carboxylic acids is 1. The van der Waals surface area contributed by atoms with Crippen molar-refractivity contribution in [1.29, 1.82) is 0 Å². The van der Waals surface area contributed by atoms with Crippen molar-refractivity contribution < 1.29 is 28.8 Å². The topological polar surface area (TPSA) is 74.2 Å². The minimum atomic E-state index is -1.17. The SMILES string of the molecule is CCCc1cc(Oc2ccccc2)ccc1OCCCCOc1ccc2c(c1)CCC(C)(C(=O)O)O2. The molecule has 6 heteroatoms. The lowest BCUT2D eigenvalue weighted by Crippen LogP contribution is -2.44. The summed E-state index contributed by atoms with van der Waals surface area (Å²) in [5, 5.41) is 9.38. The third-order valence-electron chi connectivity index (χ3n) is 6.29. The van der Waals surface area contributed by atoms with Crippen molar-refractivity contribution in [3.63, 3.8) is 0 Å². The molecule has 1 N–H and O–H groups in total. The van der Waals surface area contributed by atoms with Gasteiger partial charge in [-0.1, -0.05) is 31.5 Å². The maximum atomic E-state index is 11.4. The molecule has 0 radical (unpaired) electrons. The Balaban J connectivity index is 1.22. The molecule has 1 heterocycles. The Hall–Kier alpha value is -3.67. The first-order chi connectivity index (χ1) is 17.5. The molecule has 0 amide bonds. The molecule has 1 aliphatic heterocycles. The van der Waals surface area contributed by atoms with Crippen molar-refractivity contribution in [3.05, 3.63) is 77.9 Å². The summed E-state index contributed by atoms with van der Waals surface area (Å²) in [5.41, 5.74) is 0.969. The van der Waals surface area contributed by atoms with Crippen molar-refractivity contribution in [2.45, 2.75) is 58.0 Å². The number of para-hydroxylation sites is 1. The zero-order valence-electron chi connectivity index (χ0n) is 21.0. The van der Waals surface area contributed by atoms with Crippen LogP contribution in [0.3, 0.4) is 0 Å². The van der Waals surface area contributed by atoms with E-state index in [-0.39, 0.29) is 0 Å². The molecule has 0 bridgehead atoms. The van der Waals surface area contributed by atoms with Crippen molar-refractivity contribution in [3.8, 4) is 28.7 Å². The van der Waals surface area contributed by atoms with E-state index in [1.165, 1.54) is 0 Å². The molecule has 3 aromatic rings. The average molecular weight is 491 g/mol. The summed E-state index contributed by atoms with van der Waals surface area (Å²) in [6, 6.07) is 21.4. The fourth-order valence-corrected chi connectivity index (χ4v) is 4.18. The van der Waals surface area contributed by atoms with Gasteiger partial charge in [-0.3, -0.25) is 0 Å². The second kappa shape index (κ2) is 11.8. The number of carboxylic acids is 1. The highest BCUT2D eigenvalue weighted by Gasteiger charge is 2.39. The quantitative estimate of drug-likeness (QED) is 0.280. The van der Waals surface area contributed by atoms with Crippen LogP contribution in [0.5, 0.6) is 28.7 Å². The number of carboxylic acid groups (broad SMARTS) is 1. The van der Waals surface area contributed by atoms with Gasteiger partial charge in [0.25, 0.3) is 0 Å². The van der Waals surface area contributed by atoms with E-state index in [4.69, 9.17) is 18.9 Å². The van der Waals surface area contributed by atoms with Gasteiger partial charge >= 0.3 is 5.97 Å². The molecule has 0 saturated heterocycles. The largest absolute Gasteiger partial charge is 0.494 e. The van der Waals surface area contributed by atoms with Crippen molar-refractivity contribution in [1.82, 2.24) is 0 Å². The van der Waals surface area contributed by atoms with Crippen LogP contribution in [0.4, 0.5) is 0 Å². The van der Waals surface area contributed by atoms with E-state index in [1.807, 2.05) is 54.6 Å². The van der Waals surface area contributed by atoms with Gasteiger partial charge in [-0.15, -0.1) is 0 Å². The van der Waals surface area contributed by atoms with Crippen molar-refractivity contribution >= 4 is 5.97 Å². The molecular formula is C30H34O6. The van der Waals surface area contributed by atoms with E-state index in [0.29, 0.717) is 31.8 Å². The molecule has 0 aromatic heterocycles. The normalized spacial score (nSPS) is 16.5. The highest BCUT2D eigenvalue weighted by atomic mass is 16.5. The number of ether oxygens (including phenoxy) is 4. The monoisotopic (exact) mass is 490 g/mol. The molecule has 0 spiro atoms. The number of hydrogen-bond donors (Lipinski definition) is 1. The summed E-state index contributed by atoms with van der Waals surface area (Å²) in [6.45, 7) is 4.97. The zero-order chi connectivity index (χ0) is 25.4. The maximum absolute atomic E-state index is 11.4. The predicted octanol–water partition coefficient (Wildman–Crippen LogP) is 6.84. The van der Waals surface area contributed by atoms with E-state index < -0.39 is 11.6 Å². The first-order valence-electron chi connectivity index (χ1n) is 12.6. The van der Waals surface area contributed by atoms with E-state index in [9.17, 15) is 9.90 Å². The number of benzene rings is 3. The van der Waals surface area contributed by atoms with Crippen molar-refractivity contribution in [2.24, 2.45) is 0 Å². The summed E-state index contributed by atoms with van der Waals surface area (Å²) in [5.74, 6) is 2.99. The van der Waals surface area contributed by atoms with Gasteiger partial charge in [-0.2, -0.15) is 0 Å². The van der Waals surface area contributed by atoms with Crippen LogP contribution in [0.2, 0.25) is 0 Å². The second-order valence-corrected chi connectivity index (χ2v) is 9.25. The molecule has 36 heavy (non-hydrogen) atoms. The van der Waals surface area contributed by atoms with E-state index in [2.05, 4.69) is 13.0 Å². The van der Waals surface area contributed by atoms with E-state index in [1.54, 1.807) is 13.0 Å². The van der Waals surface area contributed by atoms with Gasteiger partial charge in [-0.25, -0.2) is 4.79 Å². The van der Waals surface area contributed by atoms with Gasteiger partial charge in [0, 0.05) is 6.42 Å². The zero-order valence-corrected chi connectivity index (χ0v) is 21.0. The third-order valence-corrected chi connectivity index (χ3v) is 6.29. The lowest BCUT2D eigenvalue weighted by molar-refractivity contribution is -0.155. The Morgan fingerprint density at radius 1 is 0.944 bits per heavy atom. The molecule has 4 rings (SSSR count). The van der Waals surface area contributed by atoms with Crippen LogP contribution in [-0.2, 0) is 17.6 Å². The molecular weight excluding hydrogens is 456 g/mol. The number of aryl methyl sites for hydroxylation is 2. The molecule has 0 aliphatic carbocycles. The van der Waals surface area contributed by atoms with Gasteiger partial charge in [0.2, 0.25) is 5.60 Å². The summed E-state index contributed by atoms with van der Waals surface area (Å²) in [7, 11) is 0. The van der Waals surface area contributed by atoms with Gasteiger partial charge in [0.05, 0.1) is 13.2 Å². The summed E-state index contributed by atoms with van der Waals surface area (Å²) in [6.07, 6.45) is 4.79. The molecule has 6 nitrogen and oxygen atoms in total. The molecule has 190 valence electrons. The van der Waals surface area contributed by atoms with Crippen LogP contribution in [0.25, 0.3) is 0 Å². The van der Waals surface area contributed by atoms with Crippen LogP contribution >= 0.6 is 0 Å². The molecule has 1 aliphatic rings. The van der Waals surface area contributed by atoms with Crippen LogP contribution in [-0.4, -0.2) is 29.9 Å². The lowest BCUT2D eigenvalue weighted by Gasteiger charge is -2.32. The smallest absolute Gasteiger partial charge is 0.347 e. The fourth-order valence-electron chi connectivity index (χ4n) is 4.18. The predicted molar refractivity (Wildman–Crippen MR) is 139 cm³/mol. The number of fused-ring (bicyclic) bond motifs is 1. The number of unbranched alkanes of at least 4 members (excludes halogenated alkanes) is 1. The van der Waals surface area contributed by atoms with Crippen LogP contribution in [0.1, 0.15) is 50.7 Å². The Morgan fingerprint density at radius 2 is 1.69 bits per heavy atom. The maximum Gasteiger partial charge on any atom is 0.347 e. The Bertz CT molecular complexity index is 1160. The number of hydrogen-bond acceptors (Lipinski definition) is 5. The number of rotatable bonds is 12. The van der Waals surface area contributed by atoms with Crippen LogP contribution < -0.4 is 18.9 Å². The molecule has 3 aromatic carbocycles. The average Bonchev–Trinajstić information content (AvgIpc) is 2.88. The minimum Gasteiger partial charge on any atom is -0.494 e. The first kappa shape index (κ1) is 25.4. The van der Waals surface area contributed by atoms with Crippen LogP contribution in [0, 0.1) is 0 Å². The minimum absolute atomic E-state index is 0.440. The number of carbonyl (C=O) groups is 1. The molecule has 0 fully saturated rings. The summed E-state index contributed by atoms with van der Waals surface area (Å²) in [4.78, 5) is 11.4. The Morgan fingerprint density at radius 3 is 2.44 bits per heavy atom. The lowest BCUT2D eigenvalue weighted by atomic mass is 9.92. The fraction of sp³-hybridized carbons (Fsp3) is 0.367. The first-order valence-corrected chi connectivity index (χ1v) is 12.6. The standard InChI is InChI=1S/C30H34O6/c1-3-9-22-21-26(35-24-10-5-4-6-11-24)13-14-27(22)34-19-8-7-18-33-25-12-15-28-23(20-25)16-17-30(2,36-28)29(31)32/h4-6,10-15,20-21H,3,7-9,16-19H2,1-2H3,(H,31,32). The van der Waals surface area contributed by atoms with Crippen LogP contribution in [0.15, 0.2) is 66.7 Å². The second-order valence-electron chi connectivity index (χ2n) is 9.25. The molecule has 1 unspecified atom stereocenters.